The number of nitrogens with one attached hydrogen (secondary N) is 2. The Balaban J connectivity index is 4.84. The minimum absolute atomic E-state index is 0.748. The Morgan fingerprint density at radius 1 is 1.05 bits per heavy atom. The zero-order valence-electron chi connectivity index (χ0n) is 10.7. The minimum atomic E-state index is -1.59. The van der Waals surface area contributed by atoms with Crippen LogP contribution in [0.3, 0.4) is 0 Å². The highest BCUT2D eigenvalue weighted by molar-refractivity contribution is 5.93. The van der Waals surface area contributed by atoms with E-state index in [1.54, 1.807) is 0 Å². The highest BCUT2D eigenvalue weighted by Gasteiger charge is 2.28. The normalized spacial score (nSPS) is 14.8. The molecule has 3 unspecified atom stereocenters. The standard InChI is InChI=1S/C10H17N3O7/c1-4(11)8(17)12-5(2-7(15)16)9(18)13-6(3-14)10(19)20/h4-6,14H,2-3,11H2,1H3,(H,12,17)(H,13,18)(H,15,16)(H,19,20). The first-order valence-corrected chi connectivity index (χ1v) is 5.60. The Morgan fingerprint density at radius 3 is 1.90 bits per heavy atom. The first-order valence-electron chi connectivity index (χ1n) is 5.60. The van der Waals surface area contributed by atoms with Gasteiger partial charge in [-0.05, 0) is 6.92 Å². The number of carboxylic acids is 2. The number of carboxylic acid groups (broad SMARTS) is 2. The number of aliphatic hydroxyl groups is 1. The molecular formula is C10H17N3O7. The Bertz CT molecular complexity index is 396. The van der Waals surface area contributed by atoms with Gasteiger partial charge in [-0.25, -0.2) is 4.79 Å². The molecule has 114 valence electrons. The predicted octanol–water partition coefficient (Wildman–Crippen LogP) is -3.15. The van der Waals surface area contributed by atoms with E-state index in [0.29, 0.717) is 0 Å². The van der Waals surface area contributed by atoms with Crippen LogP contribution in [0.15, 0.2) is 0 Å². The monoisotopic (exact) mass is 291 g/mol. The van der Waals surface area contributed by atoms with E-state index in [0.717, 1.165) is 0 Å². The Morgan fingerprint density at radius 2 is 1.55 bits per heavy atom. The van der Waals surface area contributed by atoms with Crippen LogP contribution >= 0.6 is 0 Å². The predicted molar refractivity (Wildman–Crippen MR) is 64.5 cm³/mol. The van der Waals surface area contributed by atoms with Crippen LogP contribution in [0, 0.1) is 0 Å². The van der Waals surface area contributed by atoms with E-state index >= 15 is 0 Å². The van der Waals surface area contributed by atoms with Gasteiger partial charge >= 0.3 is 11.9 Å². The average Bonchev–Trinajstić information content (AvgIpc) is 2.33. The van der Waals surface area contributed by atoms with Crippen molar-refractivity contribution in [3.05, 3.63) is 0 Å². The van der Waals surface area contributed by atoms with Crippen molar-refractivity contribution in [2.24, 2.45) is 5.73 Å². The largest absolute Gasteiger partial charge is 0.481 e. The number of amides is 2. The molecule has 10 heteroatoms. The van der Waals surface area contributed by atoms with E-state index < -0.39 is 54.9 Å². The summed E-state index contributed by atoms with van der Waals surface area (Å²) in [6.07, 6.45) is -0.748. The molecule has 0 spiro atoms. The lowest BCUT2D eigenvalue weighted by atomic mass is 10.1. The number of aliphatic carboxylic acids is 2. The molecule has 0 bridgehead atoms. The Hall–Kier alpha value is -2.20. The summed E-state index contributed by atoms with van der Waals surface area (Å²) in [4.78, 5) is 44.3. The summed E-state index contributed by atoms with van der Waals surface area (Å²) in [5, 5.41) is 30.1. The van der Waals surface area contributed by atoms with E-state index in [2.05, 4.69) is 5.32 Å². The number of carbonyl (C=O) groups is 4. The molecule has 0 aliphatic heterocycles. The van der Waals surface area contributed by atoms with E-state index in [-0.39, 0.29) is 0 Å². The minimum Gasteiger partial charge on any atom is -0.481 e. The molecule has 10 nitrogen and oxygen atoms in total. The smallest absolute Gasteiger partial charge is 0.328 e. The van der Waals surface area contributed by atoms with Crippen molar-refractivity contribution in [2.45, 2.75) is 31.5 Å². The van der Waals surface area contributed by atoms with Gasteiger partial charge in [-0.15, -0.1) is 0 Å². The van der Waals surface area contributed by atoms with Gasteiger partial charge < -0.3 is 31.7 Å². The molecule has 0 aromatic carbocycles. The summed E-state index contributed by atoms with van der Waals surface area (Å²) in [5.41, 5.74) is 5.27. The van der Waals surface area contributed by atoms with Gasteiger partial charge in [-0.2, -0.15) is 0 Å². The molecule has 2 amide bonds. The molecule has 0 heterocycles. The van der Waals surface area contributed by atoms with Crippen LogP contribution in [0.5, 0.6) is 0 Å². The number of aliphatic hydroxyl groups excluding tert-OH is 1. The lowest BCUT2D eigenvalue weighted by Gasteiger charge is -2.20. The van der Waals surface area contributed by atoms with Crippen LogP contribution < -0.4 is 16.4 Å². The van der Waals surface area contributed by atoms with Crippen molar-refractivity contribution < 1.29 is 34.5 Å². The number of hydrogen-bond donors (Lipinski definition) is 6. The van der Waals surface area contributed by atoms with Gasteiger partial charge in [0.2, 0.25) is 11.8 Å². The second kappa shape index (κ2) is 8.07. The van der Waals surface area contributed by atoms with Gasteiger partial charge in [-0.3, -0.25) is 14.4 Å². The zero-order chi connectivity index (χ0) is 15.9. The summed E-state index contributed by atoms with van der Waals surface area (Å²) in [6, 6.07) is -4.04. The van der Waals surface area contributed by atoms with Crippen molar-refractivity contribution in [2.75, 3.05) is 6.61 Å². The van der Waals surface area contributed by atoms with Crippen LogP contribution in [-0.2, 0) is 19.2 Å². The third-order valence-corrected chi connectivity index (χ3v) is 2.22. The average molecular weight is 291 g/mol. The molecular weight excluding hydrogens is 274 g/mol. The van der Waals surface area contributed by atoms with Crippen molar-refractivity contribution in [3.63, 3.8) is 0 Å². The van der Waals surface area contributed by atoms with E-state index in [4.69, 9.17) is 21.1 Å². The Labute approximate surface area is 113 Å². The third kappa shape index (κ3) is 6.11. The fourth-order valence-corrected chi connectivity index (χ4v) is 1.14. The number of nitrogens with two attached hydrogens (primary N) is 1. The van der Waals surface area contributed by atoms with Crippen LogP contribution in [0.2, 0.25) is 0 Å². The first kappa shape index (κ1) is 17.8. The van der Waals surface area contributed by atoms with Gasteiger partial charge in [0, 0.05) is 0 Å². The fraction of sp³-hybridized carbons (Fsp3) is 0.600. The summed E-state index contributed by atoms with van der Waals surface area (Å²) >= 11 is 0. The SMILES string of the molecule is CC(N)C(=O)NC(CC(=O)O)C(=O)NC(CO)C(=O)O. The summed E-state index contributed by atoms with van der Waals surface area (Å²) in [7, 11) is 0. The van der Waals surface area contributed by atoms with Crippen LogP contribution in [-0.4, -0.2) is 63.8 Å². The van der Waals surface area contributed by atoms with Crippen molar-refractivity contribution in [1.82, 2.24) is 10.6 Å². The van der Waals surface area contributed by atoms with E-state index in [1.807, 2.05) is 5.32 Å². The quantitative estimate of drug-likeness (QED) is 0.271. The molecule has 0 aliphatic carbocycles. The third-order valence-electron chi connectivity index (χ3n) is 2.22. The molecule has 7 N–H and O–H groups in total. The second-order valence-electron chi connectivity index (χ2n) is 4.03. The number of carbonyl (C=O) groups excluding carboxylic acids is 2. The lowest BCUT2D eigenvalue weighted by Crippen LogP contribution is -2.55. The molecule has 20 heavy (non-hydrogen) atoms. The highest BCUT2D eigenvalue weighted by Crippen LogP contribution is 1.96. The summed E-state index contributed by atoms with van der Waals surface area (Å²) in [6.45, 7) is 0.459. The van der Waals surface area contributed by atoms with Gasteiger partial charge in [0.1, 0.15) is 12.1 Å². The molecule has 0 fully saturated rings. The fourth-order valence-electron chi connectivity index (χ4n) is 1.14. The molecule has 0 rings (SSSR count). The van der Waals surface area contributed by atoms with Gasteiger partial charge in [-0.1, -0.05) is 0 Å². The summed E-state index contributed by atoms with van der Waals surface area (Å²) in [5.74, 6) is -4.66. The van der Waals surface area contributed by atoms with Crippen LogP contribution in [0.1, 0.15) is 13.3 Å². The topological polar surface area (TPSA) is 179 Å². The van der Waals surface area contributed by atoms with E-state index in [1.165, 1.54) is 6.92 Å². The van der Waals surface area contributed by atoms with Crippen molar-refractivity contribution in [1.29, 1.82) is 0 Å². The van der Waals surface area contributed by atoms with Crippen LogP contribution in [0.25, 0.3) is 0 Å². The lowest BCUT2D eigenvalue weighted by molar-refractivity contribution is -0.144. The molecule has 3 atom stereocenters. The molecule has 0 saturated heterocycles. The first-order chi connectivity index (χ1) is 9.18. The molecule has 0 aliphatic rings. The summed E-state index contributed by atoms with van der Waals surface area (Å²) < 4.78 is 0. The second-order valence-corrected chi connectivity index (χ2v) is 4.03. The molecule has 0 saturated carbocycles. The maximum Gasteiger partial charge on any atom is 0.328 e. The van der Waals surface area contributed by atoms with Gasteiger partial charge in [0.05, 0.1) is 19.1 Å². The van der Waals surface area contributed by atoms with Crippen LogP contribution in [0.4, 0.5) is 0 Å². The number of rotatable bonds is 8. The van der Waals surface area contributed by atoms with Gasteiger partial charge in [0.25, 0.3) is 0 Å². The molecule has 0 aromatic rings. The van der Waals surface area contributed by atoms with Crippen molar-refractivity contribution in [3.8, 4) is 0 Å². The molecule has 0 radical (unpaired) electrons. The van der Waals surface area contributed by atoms with Crippen molar-refractivity contribution >= 4 is 23.8 Å². The maximum absolute atomic E-state index is 11.7. The Kier molecular flexibility index (Phi) is 7.18. The zero-order valence-corrected chi connectivity index (χ0v) is 10.7. The maximum atomic E-state index is 11.7. The number of hydrogen-bond acceptors (Lipinski definition) is 6. The highest BCUT2D eigenvalue weighted by atomic mass is 16.4. The van der Waals surface area contributed by atoms with Gasteiger partial charge in [0.15, 0.2) is 0 Å². The molecule has 0 aromatic heterocycles. The van der Waals surface area contributed by atoms with E-state index in [9.17, 15) is 19.2 Å².